The van der Waals surface area contributed by atoms with Crippen LogP contribution < -0.4 is 80.9 Å². The summed E-state index contributed by atoms with van der Waals surface area (Å²) in [6, 6.07) is 0. The summed E-state index contributed by atoms with van der Waals surface area (Å²) in [6.07, 6.45) is -0.502. The molecule has 0 amide bonds. The SMILES string of the molecule is CCOC(=O)CC(C)O.[H-].[H-].[K+].[Na+]. The van der Waals surface area contributed by atoms with E-state index in [1.165, 1.54) is 0 Å². The van der Waals surface area contributed by atoms with Gasteiger partial charge in [-0.3, -0.25) is 4.79 Å². The zero-order chi connectivity index (χ0) is 7.28. The number of esters is 1. The van der Waals surface area contributed by atoms with Crippen LogP contribution in [0, 0.1) is 0 Å². The average molecular weight is 196 g/mol. The fourth-order valence-electron chi connectivity index (χ4n) is 0.461. The number of ether oxygens (including phenoxy) is 1. The molecule has 0 saturated carbocycles. The number of carbonyl (C=O) groups is 1. The molecule has 0 aliphatic heterocycles. The summed E-state index contributed by atoms with van der Waals surface area (Å²) in [4.78, 5) is 10.5. The largest absolute Gasteiger partial charge is 1.00 e. The molecule has 0 bridgehead atoms. The van der Waals surface area contributed by atoms with E-state index in [1.807, 2.05) is 0 Å². The van der Waals surface area contributed by atoms with E-state index in [1.54, 1.807) is 13.8 Å². The zero-order valence-corrected chi connectivity index (χ0v) is 12.9. The summed E-state index contributed by atoms with van der Waals surface area (Å²) < 4.78 is 4.55. The van der Waals surface area contributed by atoms with E-state index >= 15 is 0 Å². The molecule has 11 heavy (non-hydrogen) atoms. The van der Waals surface area contributed by atoms with Crippen molar-refractivity contribution in [2.45, 2.75) is 26.4 Å². The van der Waals surface area contributed by atoms with E-state index in [0.29, 0.717) is 6.61 Å². The molecule has 0 aliphatic carbocycles. The minimum Gasteiger partial charge on any atom is -1.00 e. The maximum Gasteiger partial charge on any atom is 1.00 e. The maximum absolute atomic E-state index is 10.5. The molecule has 0 saturated heterocycles. The van der Waals surface area contributed by atoms with Crippen molar-refractivity contribution in [3.63, 3.8) is 0 Å². The molecule has 0 radical (unpaired) electrons. The van der Waals surface area contributed by atoms with E-state index in [9.17, 15) is 4.79 Å². The number of carbonyl (C=O) groups excluding carboxylic acids is 1. The molecule has 58 valence electrons. The summed E-state index contributed by atoms with van der Waals surface area (Å²) in [5.74, 6) is -0.340. The summed E-state index contributed by atoms with van der Waals surface area (Å²) in [5.41, 5.74) is 0. The number of aliphatic hydroxyl groups excluding tert-OH is 1. The van der Waals surface area contributed by atoms with Gasteiger partial charge in [0.2, 0.25) is 0 Å². The molecular weight excluding hydrogens is 182 g/mol. The molecule has 0 rings (SSSR count). The normalized spacial score (nSPS) is 10.5. The molecule has 0 aromatic carbocycles. The Balaban J connectivity index is -0.0000000533. The number of hydrogen-bond donors (Lipinski definition) is 1. The topological polar surface area (TPSA) is 46.5 Å². The number of rotatable bonds is 3. The third-order valence-electron chi connectivity index (χ3n) is 0.767. The van der Waals surface area contributed by atoms with Crippen LogP contribution in [-0.4, -0.2) is 23.8 Å². The van der Waals surface area contributed by atoms with Crippen LogP contribution in [0.3, 0.4) is 0 Å². The Morgan fingerprint density at radius 2 is 2.18 bits per heavy atom. The second-order valence-corrected chi connectivity index (χ2v) is 1.86. The Hall–Kier alpha value is 2.07. The van der Waals surface area contributed by atoms with Crippen LogP contribution in [0.1, 0.15) is 23.1 Å². The van der Waals surface area contributed by atoms with Gasteiger partial charge < -0.3 is 12.7 Å². The monoisotopic (exact) mass is 196 g/mol. The van der Waals surface area contributed by atoms with Gasteiger partial charge in [0.15, 0.2) is 0 Å². The predicted molar refractivity (Wildman–Crippen MR) is 35.2 cm³/mol. The van der Waals surface area contributed by atoms with Crippen molar-refractivity contribution in [3.05, 3.63) is 0 Å². The quantitative estimate of drug-likeness (QED) is 0.362. The molecule has 0 aromatic rings. The van der Waals surface area contributed by atoms with Gasteiger partial charge in [0.05, 0.1) is 19.1 Å². The van der Waals surface area contributed by atoms with Crippen molar-refractivity contribution in [1.29, 1.82) is 0 Å². The third kappa shape index (κ3) is 14.9. The fraction of sp³-hybridized carbons (Fsp3) is 0.833. The van der Waals surface area contributed by atoms with Crippen molar-refractivity contribution in [1.82, 2.24) is 0 Å². The van der Waals surface area contributed by atoms with Gasteiger partial charge in [-0.2, -0.15) is 0 Å². The first-order valence-electron chi connectivity index (χ1n) is 3.00. The van der Waals surface area contributed by atoms with Crippen LogP contribution in [0.25, 0.3) is 0 Å². The Labute approximate surface area is 135 Å². The van der Waals surface area contributed by atoms with Gasteiger partial charge in [0, 0.05) is 0 Å². The van der Waals surface area contributed by atoms with Gasteiger partial charge in [-0.15, -0.1) is 0 Å². The fourth-order valence-corrected chi connectivity index (χ4v) is 0.461. The van der Waals surface area contributed by atoms with Gasteiger partial charge in [0.25, 0.3) is 0 Å². The summed E-state index contributed by atoms with van der Waals surface area (Å²) in [5, 5.41) is 8.65. The Morgan fingerprint density at radius 1 is 1.73 bits per heavy atom. The molecule has 0 aromatic heterocycles. The van der Waals surface area contributed by atoms with E-state index in [0.717, 1.165) is 0 Å². The minimum absolute atomic E-state index is 0. The molecule has 1 N–H and O–H groups in total. The molecule has 0 heterocycles. The van der Waals surface area contributed by atoms with Crippen LogP contribution in [-0.2, 0) is 9.53 Å². The first kappa shape index (κ1) is 18.8. The second kappa shape index (κ2) is 12.1. The van der Waals surface area contributed by atoms with Crippen LogP contribution in [0.5, 0.6) is 0 Å². The second-order valence-electron chi connectivity index (χ2n) is 1.86. The van der Waals surface area contributed by atoms with Crippen molar-refractivity contribution in [3.8, 4) is 0 Å². The maximum atomic E-state index is 10.5. The number of aliphatic hydroxyl groups is 1. The zero-order valence-electron chi connectivity index (χ0n) is 9.76. The Kier molecular flexibility index (Phi) is 20.6. The first-order chi connectivity index (χ1) is 4.16. The average Bonchev–Trinajstić information content (AvgIpc) is 1.63. The smallest absolute Gasteiger partial charge is 1.00 e. The van der Waals surface area contributed by atoms with Gasteiger partial charge >= 0.3 is 86.9 Å². The van der Waals surface area contributed by atoms with Crippen molar-refractivity contribution in [2.75, 3.05) is 6.61 Å². The van der Waals surface area contributed by atoms with Gasteiger partial charge in [-0.25, -0.2) is 0 Å². The van der Waals surface area contributed by atoms with Gasteiger partial charge in [0.1, 0.15) is 0 Å². The van der Waals surface area contributed by atoms with Crippen LogP contribution >= 0.6 is 0 Å². The van der Waals surface area contributed by atoms with Gasteiger partial charge in [-0.1, -0.05) is 0 Å². The molecule has 0 aliphatic rings. The van der Waals surface area contributed by atoms with E-state index in [2.05, 4.69) is 4.74 Å². The summed E-state index contributed by atoms with van der Waals surface area (Å²) in [7, 11) is 0. The molecule has 3 nitrogen and oxygen atoms in total. The Bertz CT molecular complexity index is 106. The van der Waals surface area contributed by atoms with E-state index in [-0.39, 0.29) is 96.2 Å². The van der Waals surface area contributed by atoms with Crippen molar-refractivity contribution in [2.24, 2.45) is 0 Å². The molecule has 1 unspecified atom stereocenters. The predicted octanol–water partition coefficient (Wildman–Crippen LogP) is -5.45. The van der Waals surface area contributed by atoms with Crippen molar-refractivity contribution >= 4 is 5.97 Å². The minimum atomic E-state index is -0.593. The standard InChI is InChI=1S/C6H12O3.K.Na.2H/c1-3-9-6(8)4-5(2)7;;;;/h5,7H,3-4H2,1-2H3;;;;/q;2*+1;2*-1. The molecule has 1 atom stereocenters. The van der Waals surface area contributed by atoms with Crippen LogP contribution in [0.15, 0.2) is 0 Å². The Morgan fingerprint density at radius 3 is 2.45 bits per heavy atom. The summed E-state index contributed by atoms with van der Waals surface area (Å²) >= 11 is 0. The summed E-state index contributed by atoms with van der Waals surface area (Å²) in [6.45, 7) is 3.67. The molecule has 0 fully saturated rings. The molecule has 0 spiro atoms. The van der Waals surface area contributed by atoms with Crippen molar-refractivity contribution < 1.29 is 98.4 Å². The van der Waals surface area contributed by atoms with E-state index < -0.39 is 6.10 Å². The van der Waals surface area contributed by atoms with E-state index in [4.69, 9.17) is 5.11 Å². The number of hydrogen-bond acceptors (Lipinski definition) is 3. The molecule has 5 heteroatoms. The van der Waals surface area contributed by atoms with Crippen LogP contribution in [0.2, 0.25) is 0 Å². The first-order valence-corrected chi connectivity index (χ1v) is 3.00. The third-order valence-corrected chi connectivity index (χ3v) is 0.767. The van der Waals surface area contributed by atoms with Gasteiger partial charge in [-0.05, 0) is 13.8 Å². The van der Waals surface area contributed by atoms with Crippen LogP contribution in [0.4, 0.5) is 0 Å². The molecular formula is C6H14KNaO3.